The molecule has 2 aromatic rings. The Kier molecular flexibility index (Phi) is 13.0. The second-order valence-corrected chi connectivity index (χ2v) is 13.3. The highest BCUT2D eigenvalue weighted by atomic mass is 16.6. The topological polar surface area (TPSA) is 41.6 Å². The Balaban J connectivity index is 1.01. The maximum absolute atomic E-state index is 12.7. The number of para-hydroxylation sites is 1. The van der Waals surface area contributed by atoms with E-state index in [0.29, 0.717) is 0 Å². The van der Waals surface area contributed by atoms with Crippen molar-refractivity contribution < 1.29 is 14.0 Å². The van der Waals surface area contributed by atoms with Crippen LogP contribution in [0, 0.1) is 5.92 Å². The van der Waals surface area contributed by atoms with Crippen molar-refractivity contribution in [2.45, 2.75) is 96.0 Å². The van der Waals surface area contributed by atoms with E-state index in [2.05, 4.69) is 36.4 Å². The highest BCUT2D eigenvalue weighted by Crippen LogP contribution is 2.28. The normalized spacial score (nSPS) is 17.4. The fraction of sp³-hybridized carbons (Fsp3) is 0.639. The fourth-order valence-corrected chi connectivity index (χ4v) is 6.92. The molecule has 1 N–H and O–H groups in total. The van der Waals surface area contributed by atoms with Gasteiger partial charge in [-0.2, -0.15) is 0 Å². The first kappa shape index (κ1) is 31.6. The highest BCUT2D eigenvalue weighted by Gasteiger charge is 2.24. The largest absolute Gasteiger partial charge is 0.446 e. The molecule has 0 bridgehead atoms. The summed E-state index contributed by atoms with van der Waals surface area (Å²) in [5, 5.41) is 2.98. The number of hydrogen-bond donors (Lipinski definition) is 1. The SMILES string of the molecule is C[N+](C)(CCCCCCCCCN1CCC(OC(=O)Nc2ccccc2-c2ccccc2)CC1)CC1CCCCC1. The molecule has 1 saturated carbocycles. The summed E-state index contributed by atoms with van der Waals surface area (Å²) in [7, 11) is 4.90. The number of unbranched alkanes of at least 4 members (excludes halogenated alkanes) is 6. The van der Waals surface area contributed by atoms with Gasteiger partial charge in [-0.25, -0.2) is 4.79 Å². The lowest BCUT2D eigenvalue weighted by Crippen LogP contribution is -2.44. The lowest BCUT2D eigenvalue weighted by Gasteiger charge is -2.35. The van der Waals surface area contributed by atoms with Gasteiger partial charge in [-0.3, -0.25) is 5.32 Å². The average molecular weight is 563 g/mol. The molecule has 1 aliphatic carbocycles. The molecule has 0 aromatic heterocycles. The zero-order valence-electron chi connectivity index (χ0n) is 26.0. The van der Waals surface area contributed by atoms with Crippen molar-refractivity contribution in [2.75, 3.05) is 52.1 Å². The molecule has 0 atom stereocenters. The Morgan fingerprint density at radius 3 is 2.17 bits per heavy atom. The van der Waals surface area contributed by atoms with Crippen molar-refractivity contribution in [3.05, 3.63) is 54.6 Å². The second-order valence-electron chi connectivity index (χ2n) is 13.3. The molecule has 5 heteroatoms. The van der Waals surface area contributed by atoms with Crippen LogP contribution in [-0.4, -0.2) is 68.4 Å². The smallest absolute Gasteiger partial charge is 0.411 e. The number of amides is 1. The molecule has 1 heterocycles. The predicted molar refractivity (Wildman–Crippen MR) is 172 cm³/mol. The van der Waals surface area contributed by atoms with Crippen LogP contribution in [0.5, 0.6) is 0 Å². The summed E-state index contributed by atoms with van der Waals surface area (Å²) in [5.74, 6) is 0.977. The molecule has 1 amide bonds. The maximum atomic E-state index is 12.7. The lowest BCUT2D eigenvalue weighted by molar-refractivity contribution is -0.894. The van der Waals surface area contributed by atoms with Crippen molar-refractivity contribution in [3.8, 4) is 11.1 Å². The highest BCUT2D eigenvalue weighted by molar-refractivity contribution is 5.91. The van der Waals surface area contributed by atoms with Gasteiger partial charge in [0.2, 0.25) is 0 Å². The number of anilines is 1. The van der Waals surface area contributed by atoms with E-state index in [4.69, 9.17) is 4.74 Å². The summed E-state index contributed by atoms with van der Waals surface area (Å²) in [5.41, 5.74) is 2.88. The summed E-state index contributed by atoms with van der Waals surface area (Å²) in [6.45, 7) is 5.95. The number of carbonyl (C=O) groups excluding carboxylic acids is 1. The maximum Gasteiger partial charge on any atom is 0.411 e. The monoisotopic (exact) mass is 562 g/mol. The number of benzene rings is 2. The van der Waals surface area contributed by atoms with Crippen LogP contribution in [0.3, 0.4) is 0 Å². The molecule has 0 unspecified atom stereocenters. The van der Waals surface area contributed by atoms with Crippen LogP contribution < -0.4 is 5.32 Å². The first-order chi connectivity index (χ1) is 20.0. The first-order valence-electron chi connectivity index (χ1n) is 16.6. The van der Waals surface area contributed by atoms with E-state index in [1.807, 2.05) is 42.5 Å². The summed E-state index contributed by atoms with van der Waals surface area (Å²) in [6, 6.07) is 18.0. The van der Waals surface area contributed by atoms with Crippen LogP contribution in [0.2, 0.25) is 0 Å². The van der Waals surface area contributed by atoms with Gasteiger partial charge in [-0.15, -0.1) is 0 Å². The van der Waals surface area contributed by atoms with Gasteiger partial charge in [-0.05, 0) is 63.1 Å². The number of likely N-dealkylation sites (tertiary alicyclic amines) is 1. The van der Waals surface area contributed by atoms with E-state index in [9.17, 15) is 4.79 Å². The molecule has 0 spiro atoms. The Morgan fingerprint density at radius 1 is 0.805 bits per heavy atom. The number of nitrogens with zero attached hydrogens (tertiary/aromatic N) is 2. The van der Waals surface area contributed by atoms with Crippen LogP contribution in [0.15, 0.2) is 54.6 Å². The molecular weight excluding hydrogens is 506 g/mol. The molecule has 1 saturated heterocycles. The van der Waals surface area contributed by atoms with Crippen LogP contribution in [0.25, 0.3) is 11.1 Å². The summed E-state index contributed by atoms with van der Waals surface area (Å²) in [6.07, 6.45) is 18.4. The Bertz CT molecular complexity index is 1010. The summed E-state index contributed by atoms with van der Waals surface area (Å²) >= 11 is 0. The predicted octanol–water partition coefficient (Wildman–Crippen LogP) is 8.75. The van der Waals surface area contributed by atoms with Gasteiger partial charge in [0.25, 0.3) is 0 Å². The van der Waals surface area contributed by atoms with Gasteiger partial charge in [0.1, 0.15) is 6.10 Å². The zero-order valence-corrected chi connectivity index (χ0v) is 26.0. The zero-order chi connectivity index (χ0) is 28.8. The third-order valence-corrected chi connectivity index (χ3v) is 9.27. The molecule has 226 valence electrons. The molecule has 2 fully saturated rings. The Morgan fingerprint density at radius 2 is 1.44 bits per heavy atom. The third-order valence-electron chi connectivity index (χ3n) is 9.27. The minimum Gasteiger partial charge on any atom is -0.446 e. The molecule has 4 rings (SSSR count). The molecule has 41 heavy (non-hydrogen) atoms. The quantitative estimate of drug-likeness (QED) is 0.174. The minimum atomic E-state index is -0.349. The number of carbonyl (C=O) groups is 1. The first-order valence-corrected chi connectivity index (χ1v) is 16.6. The van der Waals surface area contributed by atoms with E-state index in [1.54, 1.807) is 0 Å². The average Bonchev–Trinajstić information content (AvgIpc) is 2.98. The lowest BCUT2D eigenvalue weighted by atomic mass is 9.88. The molecule has 5 nitrogen and oxygen atoms in total. The van der Waals surface area contributed by atoms with E-state index in [1.165, 1.54) is 101 Å². The van der Waals surface area contributed by atoms with Crippen molar-refractivity contribution >= 4 is 11.8 Å². The van der Waals surface area contributed by atoms with Crippen molar-refractivity contribution in [2.24, 2.45) is 5.92 Å². The molecule has 1 aliphatic heterocycles. The van der Waals surface area contributed by atoms with Gasteiger partial charge in [0.15, 0.2) is 0 Å². The number of rotatable bonds is 15. The fourth-order valence-electron chi connectivity index (χ4n) is 6.92. The number of quaternary nitrogens is 1. The van der Waals surface area contributed by atoms with Gasteiger partial charge < -0.3 is 14.1 Å². The van der Waals surface area contributed by atoms with Crippen LogP contribution in [0.1, 0.15) is 89.9 Å². The van der Waals surface area contributed by atoms with Gasteiger partial charge in [0.05, 0.1) is 32.9 Å². The van der Waals surface area contributed by atoms with Crippen molar-refractivity contribution in [1.82, 2.24) is 4.90 Å². The van der Waals surface area contributed by atoms with Crippen molar-refractivity contribution in [1.29, 1.82) is 0 Å². The van der Waals surface area contributed by atoms with E-state index in [0.717, 1.165) is 48.7 Å². The molecular formula is C36H56N3O2+. The standard InChI is InChI=1S/C36H55N3O2/c1-39(2,30-31-18-10-8-11-19-31)29-17-7-5-3-4-6-16-26-38-27-24-33(25-28-38)41-36(40)37-35-23-15-14-22-34(35)32-20-12-9-13-21-32/h9,12-15,20-23,31,33H,3-8,10-11,16-19,24-30H2,1-2H3/p+1. The van der Waals surface area contributed by atoms with Gasteiger partial charge in [0, 0.05) is 24.6 Å². The summed E-state index contributed by atoms with van der Waals surface area (Å²) < 4.78 is 7.03. The molecule has 2 aliphatic rings. The van der Waals surface area contributed by atoms with Gasteiger partial charge in [-0.1, -0.05) is 93.5 Å². The molecule has 2 aromatic carbocycles. The second kappa shape index (κ2) is 16.9. The van der Waals surface area contributed by atoms with Crippen LogP contribution in [0.4, 0.5) is 10.5 Å². The number of piperidine rings is 1. The van der Waals surface area contributed by atoms with E-state index < -0.39 is 0 Å². The van der Waals surface area contributed by atoms with Crippen molar-refractivity contribution in [3.63, 3.8) is 0 Å². The Labute approximate surface area is 250 Å². The number of ether oxygens (including phenoxy) is 1. The number of nitrogens with one attached hydrogen (secondary N) is 1. The van der Waals surface area contributed by atoms with Crippen LogP contribution >= 0.6 is 0 Å². The third kappa shape index (κ3) is 11.4. The van der Waals surface area contributed by atoms with E-state index >= 15 is 0 Å². The Hall–Kier alpha value is -2.37. The summed E-state index contributed by atoms with van der Waals surface area (Å²) in [4.78, 5) is 15.2. The number of hydrogen-bond acceptors (Lipinski definition) is 3. The van der Waals surface area contributed by atoms with E-state index in [-0.39, 0.29) is 12.2 Å². The van der Waals surface area contributed by atoms with Crippen LogP contribution in [-0.2, 0) is 4.74 Å². The minimum absolute atomic E-state index is 0.00130. The van der Waals surface area contributed by atoms with Gasteiger partial charge >= 0.3 is 6.09 Å². The molecule has 0 radical (unpaired) electrons.